The Hall–Kier alpha value is -1.94. The Morgan fingerprint density at radius 2 is 2.05 bits per heavy atom. The van der Waals surface area contributed by atoms with Crippen LogP contribution < -0.4 is 5.32 Å². The Morgan fingerprint density at radius 3 is 2.80 bits per heavy atom. The number of aromatic nitrogens is 1. The molecular weight excluding hydrogens is 252 g/mol. The standard InChI is InChI=1S/C16H20N2O2/c1-11-13-6-4-5-7-15(13)18-12(2)14(11)10-16(19)17-8-9-20-3/h4-7H,8-10H2,1-3H3,(H,17,19). The number of pyridine rings is 1. The van der Waals surface area contributed by atoms with Crippen molar-refractivity contribution in [2.24, 2.45) is 0 Å². The van der Waals surface area contributed by atoms with Crippen LogP contribution in [-0.4, -0.2) is 31.2 Å². The molecule has 0 bridgehead atoms. The molecule has 1 N–H and O–H groups in total. The minimum atomic E-state index is 0.00494. The van der Waals surface area contributed by atoms with Gasteiger partial charge in [0.25, 0.3) is 0 Å². The second kappa shape index (κ2) is 6.48. The molecule has 0 fully saturated rings. The molecule has 1 amide bonds. The van der Waals surface area contributed by atoms with E-state index < -0.39 is 0 Å². The third-order valence-electron chi connectivity index (χ3n) is 3.45. The first kappa shape index (κ1) is 14.5. The van der Waals surface area contributed by atoms with Gasteiger partial charge in [0.1, 0.15) is 0 Å². The molecule has 4 nitrogen and oxygen atoms in total. The maximum atomic E-state index is 11.9. The number of aryl methyl sites for hydroxylation is 2. The van der Waals surface area contributed by atoms with E-state index in [-0.39, 0.29) is 5.91 Å². The zero-order chi connectivity index (χ0) is 14.5. The van der Waals surface area contributed by atoms with Crippen LogP contribution in [-0.2, 0) is 16.0 Å². The fraction of sp³-hybridized carbons (Fsp3) is 0.375. The van der Waals surface area contributed by atoms with Gasteiger partial charge in [0.2, 0.25) is 5.91 Å². The maximum absolute atomic E-state index is 11.9. The molecular formula is C16H20N2O2. The number of para-hydroxylation sites is 1. The molecule has 0 saturated heterocycles. The lowest BCUT2D eigenvalue weighted by Crippen LogP contribution is -2.29. The second-order valence-electron chi connectivity index (χ2n) is 4.84. The lowest BCUT2D eigenvalue weighted by atomic mass is 9.99. The van der Waals surface area contributed by atoms with Crippen molar-refractivity contribution in [2.75, 3.05) is 20.3 Å². The molecule has 1 aromatic carbocycles. The lowest BCUT2D eigenvalue weighted by molar-refractivity contribution is -0.120. The normalized spacial score (nSPS) is 10.8. The highest BCUT2D eigenvalue weighted by molar-refractivity contribution is 5.86. The number of nitrogens with one attached hydrogen (secondary N) is 1. The van der Waals surface area contributed by atoms with E-state index in [0.29, 0.717) is 19.6 Å². The molecule has 0 spiro atoms. The van der Waals surface area contributed by atoms with Gasteiger partial charge in [-0.2, -0.15) is 0 Å². The van der Waals surface area contributed by atoms with Crippen LogP contribution in [0.3, 0.4) is 0 Å². The van der Waals surface area contributed by atoms with Crippen LogP contribution in [0.5, 0.6) is 0 Å². The van der Waals surface area contributed by atoms with E-state index in [4.69, 9.17) is 4.74 Å². The highest BCUT2D eigenvalue weighted by atomic mass is 16.5. The first-order valence-corrected chi connectivity index (χ1v) is 6.74. The number of hydrogen-bond donors (Lipinski definition) is 1. The number of fused-ring (bicyclic) bond motifs is 1. The number of carbonyl (C=O) groups is 1. The summed E-state index contributed by atoms with van der Waals surface area (Å²) in [4.78, 5) is 16.5. The van der Waals surface area contributed by atoms with Crippen molar-refractivity contribution >= 4 is 16.8 Å². The third-order valence-corrected chi connectivity index (χ3v) is 3.45. The summed E-state index contributed by atoms with van der Waals surface area (Å²) in [6.45, 7) is 5.07. The Bertz CT molecular complexity index is 623. The monoisotopic (exact) mass is 272 g/mol. The second-order valence-corrected chi connectivity index (χ2v) is 4.84. The van der Waals surface area contributed by atoms with Crippen LogP contribution in [0.4, 0.5) is 0 Å². The molecule has 0 saturated carbocycles. The number of amides is 1. The van der Waals surface area contributed by atoms with E-state index in [1.165, 1.54) is 0 Å². The quantitative estimate of drug-likeness (QED) is 0.849. The minimum Gasteiger partial charge on any atom is -0.383 e. The van der Waals surface area contributed by atoms with Crippen LogP contribution in [0.25, 0.3) is 10.9 Å². The van der Waals surface area contributed by atoms with Crippen molar-refractivity contribution in [2.45, 2.75) is 20.3 Å². The Labute approximate surface area is 119 Å². The van der Waals surface area contributed by atoms with Crippen molar-refractivity contribution in [3.8, 4) is 0 Å². The molecule has 1 aromatic heterocycles. The minimum absolute atomic E-state index is 0.00494. The zero-order valence-electron chi connectivity index (χ0n) is 12.2. The van der Waals surface area contributed by atoms with Gasteiger partial charge in [0.15, 0.2) is 0 Å². The average Bonchev–Trinajstić information content (AvgIpc) is 2.44. The van der Waals surface area contributed by atoms with Gasteiger partial charge in [-0.1, -0.05) is 18.2 Å². The summed E-state index contributed by atoms with van der Waals surface area (Å²) in [5, 5.41) is 3.95. The third kappa shape index (κ3) is 3.14. The van der Waals surface area contributed by atoms with Gasteiger partial charge in [-0.05, 0) is 31.0 Å². The predicted molar refractivity (Wildman–Crippen MR) is 79.8 cm³/mol. The molecule has 0 aliphatic carbocycles. The van der Waals surface area contributed by atoms with Gasteiger partial charge in [-0.3, -0.25) is 9.78 Å². The predicted octanol–water partition coefficient (Wildman–Crippen LogP) is 2.16. The van der Waals surface area contributed by atoms with Crippen molar-refractivity contribution in [1.82, 2.24) is 10.3 Å². The Morgan fingerprint density at radius 1 is 1.30 bits per heavy atom. The van der Waals surface area contributed by atoms with Crippen molar-refractivity contribution in [1.29, 1.82) is 0 Å². The van der Waals surface area contributed by atoms with Crippen LogP contribution in [0.15, 0.2) is 24.3 Å². The molecule has 0 aliphatic heterocycles. The smallest absolute Gasteiger partial charge is 0.224 e. The number of carbonyl (C=O) groups excluding carboxylic acids is 1. The van der Waals surface area contributed by atoms with Crippen molar-refractivity contribution in [3.63, 3.8) is 0 Å². The Balaban J connectivity index is 2.23. The maximum Gasteiger partial charge on any atom is 0.224 e. The summed E-state index contributed by atoms with van der Waals surface area (Å²) in [6.07, 6.45) is 0.360. The fourth-order valence-corrected chi connectivity index (χ4v) is 2.35. The number of ether oxygens (including phenoxy) is 1. The molecule has 1 heterocycles. The molecule has 106 valence electrons. The molecule has 2 aromatic rings. The molecule has 0 unspecified atom stereocenters. The molecule has 4 heteroatoms. The van der Waals surface area contributed by atoms with E-state index in [0.717, 1.165) is 27.7 Å². The van der Waals surface area contributed by atoms with E-state index in [9.17, 15) is 4.79 Å². The fourth-order valence-electron chi connectivity index (χ4n) is 2.35. The number of benzene rings is 1. The van der Waals surface area contributed by atoms with E-state index in [1.807, 2.05) is 31.2 Å². The number of methoxy groups -OCH3 is 1. The summed E-state index contributed by atoms with van der Waals surface area (Å²) in [7, 11) is 1.62. The first-order valence-electron chi connectivity index (χ1n) is 6.74. The summed E-state index contributed by atoms with van der Waals surface area (Å²) < 4.78 is 4.92. The zero-order valence-corrected chi connectivity index (χ0v) is 12.2. The van der Waals surface area contributed by atoms with Crippen LogP contribution in [0, 0.1) is 13.8 Å². The molecule has 2 rings (SSSR count). The Kier molecular flexibility index (Phi) is 4.69. The van der Waals surface area contributed by atoms with Gasteiger partial charge >= 0.3 is 0 Å². The summed E-state index contributed by atoms with van der Waals surface area (Å²) in [5.41, 5.74) is 4.04. The van der Waals surface area contributed by atoms with Crippen molar-refractivity contribution in [3.05, 3.63) is 41.1 Å². The van der Waals surface area contributed by atoms with E-state index in [1.54, 1.807) is 7.11 Å². The first-order chi connectivity index (χ1) is 9.63. The van der Waals surface area contributed by atoms with Crippen LogP contribution >= 0.6 is 0 Å². The van der Waals surface area contributed by atoms with Crippen molar-refractivity contribution < 1.29 is 9.53 Å². The average molecular weight is 272 g/mol. The van der Waals surface area contributed by atoms with Gasteiger partial charge in [0.05, 0.1) is 18.5 Å². The van der Waals surface area contributed by atoms with Gasteiger partial charge < -0.3 is 10.1 Å². The topological polar surface area (TPSA) is 51.2 Å². The highest BCUT2D eigenvalue weighted by Crippen LogP contribution is 2.22. The highest BCUT2D eigenvalue weighted by Gasteiger charge is 2.12. The molecule has 0 aliphatic rings. The number of hydrogen-bond acceptors (Lipinski definition) is 3. The van der Waals surface area contributed by atoms with Crippen LogP contribution in [0.2, 0.25) is 0 Å². The molecule has 0 atom stereocenters. The largest absolute Gasteiger partial charge is 0.383 e. The van der Waals surface area contributed by atoms with Crippen LogP contribution in [0.1, 0.15) is 16.8 Å². The molecule has 20 heavy (non-hydrogen) atoms. The summed E-state index contributed by atoms with van der Waals surface area (Å²) in [5.74, 6) is 0.00494. The van der Waals surface area contributed by atoms with Gasteiger partial charge in [-0.25, -0.2) is 0 Å². The van der Waals surface area contributed by atoms with Gasteiger partial charge in [-0.15, -0.1) is 0 Å². The summed E-state index contributed by atoms with van der Waals surface area (Å²) in [6, 6.07) is 8.02. The van der Waals surface area contributed by atoms with E-state index >= 15 is 0 Å². The van der Waals surface area contributed by atoms with E-state index in [2.05, 4.69) is 17.2 Å². The number of rotatable bonds is 5. The van der Waals surface area contributed by atoms with Gasteiger partial charge in [0, 0.05) is 24.7 Å². The number of nitrogens with zero attached hydrogens (tertiary/aromatic N) is 1. The SMILES string of the molecule is COCCNC(=O)Cc1c(C)nc2ccccc2c1C. The summed E-state index contributed by atoms with van der Waals surface area (Å²) >= 11 is 0. The lowest BCUT2D eigenvalue weighted by Gasteiger charge is -2.12. The molecule has 0 radical (unpaired) electrons.